The summed E-state index contributed by atoms with van der Waals surface area (Å²) in [7, 11) is 0. The molecule has 0 aliphatic heterocycles. The van der Waals surface area contributed by atoms with Crippen molar-refractivity contribution in [3.8, 4) is 0 Å². The number of hydrogen-bond donors (Lipinski definition) is 2. The summed E-state index contributed by atoms with van der Waals surface area (Å²) >= 11 is 12.0. The Hall–Kier alpha value is -1.26. The predicted octanol–water partition coefficient (Wildman–Crippen LogP) is 3.86. The van der Waals surface area contributed by atoms with Crippen LogP contribution in [0.15, 0.2) is 18.2 Å². The summed E-state index contributed by atoms with van der Waals surface area (Å²) in [6, 6.07) is 5.31. The van der Waals surface area contributed by atoms with E-state index in [1.807, 2.05) is 19.9 Å². The van der Waals surface area contributed by atoms with E-state index < -0.39 is 11.5 Å². The molecule has 1 fully saturated rings. The zero-order chi connectivity index (χ0) is 16.5. The summed E-state index contributed by atoms with van der Waals surface area (Å²) in [5.41, 5.74) is 0.404. The van der Waals surface area contributed by atoms with Gasteiger partial charge in [-0.2, -0.15) is 0 Å². The lowest BCUT2D eigenvalue weighted by Crippen LogP contribution is -2.44. The molecule has 1 aromatic rings. The van der Waals surface area contributed by atoms with E-state index in [4.69, 9.17) is 28.3 Å². The van der Waals surface area contributed by atoms with Gasteiger partial charge in [-0.15, -0.1) is 0 Å². The summed E-state index contributed by atoms with van der Waals surface area (Å²) in [6.07, 6.45) is 1.18. The van der Waals surface area contributed by atoms with Crippen LogP contribution in [0.5, 0.6) is 0 Å². The van der Waals surface area contributed by atoms with Crippen LogP contribution in [0.4, 0.5) is 0 Å². The fourth-order valence-corrected chi connectivity index (χ4v) is 3.09. The van der Waals surface area contributed by atoms with E-state index in [0.29, 0.717) is 16.5 Å². The van der Waals surface area contributed by atoms with Gasteiger partial charge < -0.3 is 10.4 Å². The maximum atomic E-state index is 12.3. The lowest BCUT2D eigenvalue weighted by atomic mass is 9.98. The topological polar surface area (TPSA) is 66.4 Å². The van der Waals surface area contributed by atoms with E-state index in [2.05, 4.69) is 5.32 Å². The Balaban J connectivity index is 1.94. The van der Waals surface area contributed by atoms with Crippen LogP contribution in [0.25, 0.3) is 0 Å². The molecule has 1 amide bonds. The Morgan fingerprint density at radius 2 is 2.05 bits per heavy atom. The smallest absolute Gasteiger partial charge is 0.303 e. The van der Waals surface area contributed by atoms with Crippen LogP contribution in [0.2, 0.25) is 10.0 Å². The van der Waals surface area contributed by atoms with Gasteiger partial charge in [0, 0.05) is 27.9 Å². The van der Waals surface area contributed by atoms with Crippen LogP contribution in [0.1, 0.15) is 44.6 Å². The summed E-state index contributed by atoms with van der Waals surface area (Å²) in [5.74, 6) is -0.909. The van der Waals surface area contributed by atoms with Crippen molar-refractivity contribution in [3.63, 3.8) is 0 Å². The third-order valence-electron chi connectivity index (χ3n) is 3.91. The number of nitrogens with one attached hydrogen (secondary N) is 1. The molecule has 1 saturated carbocycles. The number of benzene rings is 1. The monoisotopic (exact) mass is 343 g/mol. The quantitative estimate of drug-likeness (QED) is 0.824. The minimum Gasteiger partial charge on any atom is -0.481 e. The molecule has 2 N–H and O–H groups in total. The molecule has 0 saturated heterocycles. The Morgan fingerprint density at radius 3 is 2.64 bits per heavy atom. The largest absolute Gasteiger partial charge is 0.481 e. The van der Waals surface area contributed by atoms with Crippen molar-refractivity contribution in [1.29, 1.82) is 0 Å². The highest BCUT2D eigenvalue weighted by atomic mass is 35.5. The third kappa shape index (κ3) is 4.37. The number of aliphatic carboxylic acids is 1. The lowest BCUT2D eigenvalue weighted by Gasteiger charge is -2.25. The maximum absolute atomic E-state index is 12.3. The second-order valence-electron chi connectivity index (χ2n) is 6.38. The van der Waals surface area contributed by atoms with Gasteiger partial charge in [-0.25, -0.2) is 0 Å². The van der Waals surface area contributed by atoms with Crippen LogP contribution in [0.3, 0.4) is 0 Å². The molecule has 0 heterocycles. The fraction of sp³-hybridized carbons (Fsp3) is 0.500. The molecular weight excluding hydrogens is 325 g/mol. The second-order valence-corrected chi connectivity index (χ2v) is 7.23. The van der Waals surface area contributed by atoms with E-state index in [1.165, 1.54) is 0 Å². The van der Waals surface area contributed by atoms with Gasteiger partial charge in [0.25, 0.3) is 0 Å². The zero-order valence-corrected chi connectivity index (χ0v) is 14.0. The van der Waals surface area contributed by atoms with Crippen molar-refractivity contribution in [2.75, 3.05) is 0 Å². The summed E-state index contributed by atoms with van der Waals surface area (Å²) in [6.45, 7) is 3.67. The molecule has 22 heavy (non-hydrogen) atoms. The normalized spacial score (nSPS) is 20.5. The average molecular weight is 344 g/mol. The summed E-state index contributed by atoms with van der Waals surface area (Å²) in [5, 5.41) is 12.8. The Morgan fingerprint density at radius 1 is 1.36 bits per heavy atom. The van der Waals surface area contributed by atoms with Crippen molar-refractivity contribution in [2.45, 2.75) is 44.6 Å². The van der Waals surface area contributed by atoms with Gasteiger partial charge in [-0.05, 0) is 50.3 Å². The van der Waals surface area contributed by atoms with Crippen molar-refractivity contribution >= 4 is 35.1 Å². The summed E-state index contributed by atoms with van der Waals surface area (Å²) in [4.78, 5) is 22.9. The van der Waals surface area contributed by atoms with Crippen LogP contribution in [-0.2, 0) is 9.59 Å². The number of amides is 1. The van der Waals surface area contributed by atoms with E-state index in [9.17, 15) is 9.59 Å². The van der Waals surface area contributed by atoms with Crippen LogP contribution < -0.4 is 5.32 Å². The molecular formula is C16H19Cl2NO3. The van der Waals surface area contributed by atoms with Crippen molar-refractivity contribution in [3.05, 3.63) is 33.8 Å². The van der Waals surface area contributed by atoms with Crippen molar-refractivity contribution in [2.24, 2.45) is 5.92 Å². The predicted molar refractivity (Wildman–Crippen MR) is 86.4 cm³/mol. The molecule has 2 rings (SSSR count). The highest BCUT2D eigenvalue weighted by molar-refractivity contribution is 6.35. The molecule has 1 aromatic carbocycles. The first-order chi connectivity index (χ1) is 10.2. The Kier molecular flexibility index (Phi) is 5.03. The van der Waals surface area contributed by atoms with E-state index in [0.717, 1.165) is 12.0 Å². The van der Waals surface area contributed by atoms with Crippen molar-refractivity contribution < 1.29 is 14.7 Å². The molecule has 1 aliphatic carbocycles. The fourth-order valence-electron chi connectivity index (χ4n) is 2.54. The van der Waals surface area contributed by atoms with Crippen LogP contribution in [-0.4, -0.2) is 22.5 Å². The van der Waals surface area contributed by atoms with E-state index in [1.54, 1.807) is 12.1 Å². The minimum absolute atomic E-state index is 0.0321. The van der Waals surface area contributed by atoms with Gasteiger partial charge in [0.15, 0.2) is 0 Å². The van der Waals surface area contributed by atoms with Gasteiger partial charge >= 0.3 is 5.97 Å². The molecule has 120 valence electrons. The SMILES string of the molecule is CC(C)(CCC(=O)O)NC(=O)C1CC1c1ccc(Cl)cc1Cl. The highest BCUT2D eigenvalue weighted by Gasteiger charge is 2.45. The summed E-state index contributed by atoms with van der Waals surface area (Å²) < 4.78 is 0. The second kappa shape index (κ2) is 6.47. The number of rotatable bonds is 6. The van der Waals surface area contributed by atoms with Gasteiger partial charge in [-0.1, -0.05) is 29.3 Å². The molecule has 2 unspecified atom stereocenters. The number of carbonyl (C=O) groups excluding carboxylic acids is 1. The van der Waals surface area contributed by atoms with Crippen LogP contribution in [0, 0.1) is 5.92 Å². The lowest BCUT2D eigenvalue weighted by molar-refractivity contribution is -0.138. The van der Waals surface area contributed by atoms with Crippen LogP contribution >= 0.6 is 23.2 Å². The highest BCUT2D eigenvalue weighted by Crippen LogP contribution is 2.50. The molecule has 4 nitrogen and oxygen atoms in total. The molecule has 0 spiro atoms. The average Bonchev–Trinajstić information content (AvgIpc) is 3.16. The third-order valence-corrected chi connectivity index (χ3v) is 4.48. The van der Waals surface area contributed by atoms with Crippen molar-refractivity contribution in [1.82, 2.24) is 5.32 Å². The number of halogens is 2. The van der Waals surface area contributed by atoms with E-state index >= 15 is 0 Å². The molecule has 0 radical (unpaired) electrons. The maximum Gasteiger partial charge on any atom is 0.303 e. The van der Waals surface area contributed by atoms with Gasteiger partial charge in [0.05, 0.1) is 0 Å². The number of hydrogen-bond acceptors (Lipinski definition) is 2. The first-order valence-electron chi connectivity index (χ1n) is 7.18. The van der Waals surface area contributed by atoms with Gasteiger partial charge in [0.1, 0.15) is 0 Å². The molecule has 0 bridgehead atoms. The number of carbonyl (C=O) groups is 2. The van der Waals surface area contributed by atoms with E-state index in [-0.39, 0.29) is 24.2 Å². The number of carboxylic acids is 1. The Labute approximate surface area is 139 Å². The molecule has 2 atom stereocenters. The molecule has 0 aromatic heterocycles. The number of carboxylic acid groups (broad SMARTS) is 1. The Bertz CT molecular complexity index is 601. The first-order valence-corrected chi connectivity index (χ1v) is 7.94. The standard InChI is InChI=1S/C16H19Cl2NO3/c1-16(2,6-5-14(20)21)19-15(22)12-8-11(12)10-4-3-9(17)7-13(10)18/h3-4,7,11-12H,5-6,8H2,1-2H3,(H,19,22)(H,20,21). The van der Waals surface area contributed by atoms with Gasteiger partial charge in [-0.3, -0.25) is 9.59 Å². The van der Waals surface area contributed by atoms with Gasteiger partial charge in [0.2, 0.25) is 5.91 Å². The molecule has 1 aliphatic rings. The zero-order valence-electron chi connectivity index (χ0n) is 12.5. The first kappa shape index (κ1) is 17.1. The minimum atomic E-state index is -0.862. The molecule has 6 heteroatoms.